The molecule has 0 aliphatic rings. The molecule has 0 aliphatic heterocycles. The second kappa shape index (κ2) is 7.45. The number of carbonyl (C=O) groups excluding carboxylic acids is 2. The number of anilines is 1. The molecule has 0 saturated heterocycles. The van der Waals surface area contributed by atoms with Crippen molar-refractivity contribution in [3.05, 3.63) is 53.4 Å². The van der Waals surface area contributed by atoms with Crippen LogP contribution in [-0.2, 0) is 4.79 Å². The number of nitrogens with zero attached hydrogens (tertiary/aromatic N) is 2. The average Bonchev–Trinajstić information content (AvgIpc) is 3.26. The van der Waals surface area contributed by atoms with Crippen LogP contribution in [0, 0.1) is 0 Å². The van der Waals surface area contributed by atoms with Crippen LogP contribution in [0.1, 0.15) is 17.3 Å². The molecule has 128 valence electrons. The van der Waals surface area contributed by atoms with Gasteiger partial charge in [0.2, 0.25) is 11.0 Å². The molecule has 3 rings (SSSR count). The number of amides is 2. The van der Waals surface area contributed by atoms with E-state index in [1.54, 1.807) is 25.1 Å². The molecule has 0 aliphatic carbocycles. The number of carbonyl (C=O) groups is 2. The van der Waals surface area contributed by atoms with Gasteiger partial charge in [0.25, 0.3) is 5.91 Å². The van der Waals surface area contributed by atoms with Gasteiger partial charge in [0.1, 0.15) is 12.3 Å². The Morgan fingerprint density at radius 2 is 2.16 bits per heavy atom. The first kappa shape index (κ1) is 17.1. The monoisotopic (exact) mass is 376 g/mol. The van der Waals surface area contributed by atoms with Crippen LogP contribution < -0.4 is 10.6 Å². The highest BCUT2D eigenvalue weighted by molar-refractivity contribution is 7.10. The maximum absolute atomic E-state index is 12.2. The zero-order chi connectivity index (χ0) is 17.8. The molecule has 0 radical (unpaired) electrons. The summed E-state index contributed by atoms with van der Waals surface area (Å²) in [6.45, 7) is 1.58. The van der Waals surface area contributed by atoms with Crippen LogP contribution >= 0.6 is 23.1 Å². The van der Waals surface area contributed by atoms with Crippen LogP contribution in [0.15, 0.2) is 47.3 Å². The Morgan fingerprint density at radius 3 is 2.88 bits per heavy atom. The first-order valence-electron chi connectivity index (χ1n) is 7.26. The molecule has 1 aromatic carbocycles. The fraction of sp³-hybridized carbons (Fsp3) is 0.125. The van der Waals surface area contributed by atoms with E-state index in [4.69, 9.17) is 16.0 Å². The summed E-state index contributed by atoms with van der Waals surface area (Å²) in [4.78, 5) is 28.4. The minimum Gasteiger partial charge on any atom is -0.472 e. The maximum Gasteiger partial charge on any atom is 0.255 e. The third-order valence-electron chi connectivity index (χ3n) is 3.26. The molecular weight excluding hydrogens is 364 g/mol. The number of hydrogen-bond donors (Lipinski definition) is 2. The summed E-state index contributed by atoms with van der Waals surface area (Å²) >= 11 is 7.00. The van der Waals surface area contributed by atoms with E-state index >= 15 is 0 Å². The van der Waals surface area contributed by atoms with E-state index in [0.29, 0.717) is 21.5 Å². The van der Waals surface area contributed by atoms with Gasteiger partial charge in [-0.1, -0.05) is 23.7 Å². The number of nitrogens with one attached hydrogen (secondary N) is 2. The van der Waals surface area contributed by atoms with Crippen LogP contribution in [0.3, 0.4) is 0 Å². The molecule has 0 bridgehead atoms. The predicted molar refractivity (Wildman–Crippen MR) is 94.6 cm³/mol. The Balaban J connectivity index is 1.62. The highest BCUT2D eigenvalue weighted by Crippen LogP contribution is 2.23. The number of rotatable bonds is 5. The molecule has 9 heteroatoms. The SMILES string of the molecule is CC(NC(=O)c1ccoc1)C(=O)Nc1nc(-c2cccc(Cl)c2)ns1. The molecule has 1 atom stereocenters. The molecule has 0 spiro atoms. The van der Waals surface area contributed by atoms with E-state index in [2.05, 4.69) is 20.0 Å². The molecule has 25 heavy (non-hydrogen) atoms. The zero-order valence-electron chi connectivity index (χ0n) is 13.0. The molecule has 2 N–H and O–H groups in total. The van der Waals surface area contributed by atoms with Crippen LogP contribution in [0.2, 0.25) is 5.02 Å². The van der Waals surface area contributed by atoms with Crippen molar-refractivity contribution in [2.45, 2.75) is 13.0 Å². The Labute approximate surface area is 152 Å². The standard InChI is InChI=1S/C16H13ClN4O3S/c1-9(18-15(23)11-5-6-24-8-11)14(22)20-16-19-13(21-25-16)10-3-2-4-12(17)7-10/h2-9H,1H3,(H,18,23)(H,19,20,21,22). The van der Waals surface area contributed by atoms with E-state index in [9.17, 15) is 9.59 Å². The number of hydrogen-bond acceptors (Lipinski definition) is 6. The molecule has 2 heterocycles. The summed E-state index contributed by atoms with van der Waals surface area (Å²) in [5.74, 6) is -0.322. The average molecular weight is 377 g/mol. The summed E-state index contributed by atoms with van der Waals surface area (Å²) in [5, 5.41) is 6.12. The third kappa shape index (κ3) is 4.23. The molecule has 2 aromatic heterocycles. The van der Waals surface area contributed by atoms with Gasteiger partial charge in [-0.25, -0.2) is 0 Å². The van der Waals surface area contributed by atoms with Crippen molar-refractivity contribution in [2.75, 3.05) is 5.32 Å². The van der Waals surface area contributed by atoms with Gasteiger partial charge in [0, 0.05) is 22.1 Å². The van der Waals surface area contributed by atoms with E-state index in [1.165, 1.54) is 18.6 Å². The predicted octanol–water partition coefficient (Wildman–Crippen LogP) is 3.21. The molecule has 2 amide bonds. The molecular formula is C16H13ClN4O3S. The highest BCUT2D eigenvalue weighted by atomic mass is 35.5. The summed E-state index contributed by atoms with van der Waals surface area (Å²) in [5.41, 5.74) is 1.10. The fourth-order valence-corrected chi connectivity index (χ4v) is 2.75. The van der Waals surface area contributed by atoms with Crippen LogP contribution in [0.4, 0.5) is 5.13 Å². The Morgan fingerprint density at radius 1 is 1.32 bits per heavy atom. The Hall–Kier alpha value is -2.71. The third-order valence-corrected chi connectivity index (χ3v) is 4.13. The lowest BCUT2D eigenvalue weighted by atomic mass is 10.2. The van der Waals surface area contributed by atoms with Gasteiger partial charge < -0.3 is 9.73 Å². The normalized spacial score (nSPS) is 11.8. The Bertz CT molecular complexity index is 894. The van der Waals surface area contributed by atoms with E-state index in [-0.39, 0.29) is 0 Å². The smallest absolute Gasteiger partial charge is 0.255 e. The summed E-state index contributed by atoms with van der Waals surface area (Å²) < 4.78 is 9.04. The van der Waals surface area contributed by atoms with Gasteiger partial charge in [0.05, 0.1) is 11.8 Å². The van der Waals surface area contributed by atoms with Crippen LogP contribution in [0.25, 0.3) is 11.4 Å². The van der Waals surface area contributed by atoms with Gasteiger partial charge in [0.15, 0.2) is 5.82 Å². The Kier molecular flexibility index (Phi) is 5.11. The number of halogens is 1. The van der Waals surface area contributed by atoms with Crippen molar-refractivity contribution >= 4 is 40.1 Å². The van der Waals surface area contributed by atoms with E-state index < -0.39 is 17.9 Å². The van der Waals surface area contributed by atoms with Crippen molar-refractivity contribution < 1.29 is 14.0 Å². The van der Waals surface area contributed by atoms with E-state index in [0.717, 1.165) is 17.1 Å². The van der Waals surface area contributed by atoms with Gasteiger partial charge in [-0.3, -0.25) is 14.9 Å². The lowest BCUT2D eigenvalue weighted by Crippen LogP contribution is -2.41. The lowest BCUT2D eigenvalue weighted by Gasteiger charge is -2.11. The van der Waals surface area contributed by atoms with E-state index in [1.807, 2.05) is 6.07 Å². The fourth-order valence-electron chi connectivity index (χ4n) is 1.97. The minimum atomic E-state index is -0.749. The van der Waals surface area contributed by atoms with Crippen LogP contribution in [0.5, 0.6) is 0 Å². The van der Waals surface area contributed by atoms with Gasteiger partial charge >= 0.3 is 0 Å². The lowest BCUT2D eigenvalue weighted by molar-refractivity contribution is -0.117. The molecule has 7 nitrogen and oxygen atoms in total. The van der Waals surface area contributed by atoms with Crippen molar-refractivity contribution in [1.29, 1.82) is 0 Å². The molecule has 1 unspecified atom stereocenters. The highest BCUT2D eigenvalue weighted by Gasteiger charge is 2.19. The van der Waals surface area contributed by atoms with Gasteiger partial charge in [-0.05, 0) is 25.1 Å². The summed E-state index contributed by atoms with van der Waals surface area (Å²) in [7, 11) is 0. The maximum atomic E-state index is 12.2. The topological polar surface area (TPSA) is 97.1 Å². The van der Waals surface area contributed by atoms with Gasteiger partial charge in [-0.15, -0.1) is 0 Å². The first-order chi connectivity index (χ1) is 12.0. The molecule has 0 fully saturated rings. The largest absolute Gasteiger partial charge is 0.472 e. The second-order valence-corrected chi connectivity index (χ2v) is 6.32. The van der Waals surface area contributed by atoms with Crippen molar-refractivity contribution in [1.82, 2.24) is 14.7 Å². The summed E-state index contributed by atoms with van der Waals surface area (Å²) in [6.07, 6.45) is 2.69. The summed E-state index contributed by atoms with van der Waals surface area (Å²) in [6, 6.07) is 7.88. The molecule has 3 aromatic rings. The second-order valence-electron chi connectivity index (χ2n) is 5.13. The zero-order valence-corrected chi connectivity index (χ0v) is 14.6. The van der Waals surface area contributed by atoms with Crippen molar-refractivity contribution in [3.8, 4) is 11.4 Å². The number of furan rings is 1. The minimum absolute atomic E-state index is 0.337. The van der Waals surface area contributed by atoms with Crippen molar-refractivity contribution in [3.63, 3.8) is 0 Å². The molecule has 0 saturated carbocycles. The number of aromatic nitrogens is 2. The van der Waals surface area contributed by atoms with Crippen molar-refractivity contribution in [2.24, 2.45) is 0 Å². The van der Waals surface area contributed by atoms with Gasteiger partial charge in [-0.2, -0.15) is 9.36 Å². The quantitative estimate of drug-likeness (QED) is 0.712. The number of benzene rings is 1. The first-order valence-corrected chi connectivity index (χ1v) is 8.41. The van der Waals surface area contributed by atoms with Crippen LogP contribution in [-0.4, -0.2) is 27.2 Å².